The third kappa shape index (κ3) is 2.70. The molecule has 2 N–H and O–H groups in total. The molecule has 0 radical (unpaired) electrons. The average molecular weight is 193 g/mol. The minimum Gasteiger partial charge on any atom is -0.467 e. The van der Waals surface area contributed by atoms with Crippen molar-refractivity contribution in [2.24, 2.45) is 10.7 Å². The highest BCUT2D eigenvalue weighted by Gasteiger charge is 2.21. The van der Waals surface area contributed by atoms with Crippen LogP contribution >= 0.6 is 12.4 Å². The molecule has 12 heavy (non-hydrogen) atoms. The van der Waals surface area contributed by atoms with Crippen LogP contribution in [0.25, 0.3) is 0 Å². The predicted octanol–water partition coefficient (Wildman–Crippen LogP) is 0.491. The van der Waals surface area contributed by atoms with Gasteiger partial charge in [-0.2, -0.15) is 0 Å². The number of hydrogen-bond acceptors (Lipinski definition) is 4. The molecule has 1 unspecified atom stereocenters. The smallest absolute Gasteiger partial charge is 0.330 e. The maximum atomic E-state index is 10.9. The zero-order valence-electron chi connectivity index (χ0n) is 6.95. The van der Waals surface area contributed by atoms with Crippen molar-refractivity contribution in [1.82, 2.24) is 0 Å². The molecule has 0 aromatic heterocycles. The molecule has 0 bridgehead atoms. The van der Waals surface area contributed by atoms with Gasteiger partial charge in [0.15, 0.2) is 0 Å². The summed E-state index contributed by atoms with van der Waals surface area (Å²) in [5, 5.41) is 0. The van der Waals surface area contributed by atoms with E-state index in [-0.39, 0.29) is 24.4 Å². The second-order valence-corrected chi connectivity index (χ2v) is 2.55. The lowest BCUT2D eigenvalue weighted by Crippen LogP contribution is -2.28. The molecule has 1 rings (SSSR count). The van der Waals surface area contributed by atoms with Crippen LogP contribution in [0.2, 0.25) is 0 Å². The predicted molar refractivity (Wildman–Crippen MR) is 48.5 cm³/mol. The summed E-state index contributed by atoms with van der Waals surface area (Å²) in [6, 6.07) is -0.353. The number of ether oxygens (including phenoxy) is 1. The van der Waals surface area contributed by atoms with Gasteiger partial charge in [0.05, 0.1) is 12.9 Å². The fourth-order valence-electron chi connectivity index (χ4n) is 1.11. The number of rotatable bonds is 1. The lowest BCUT2D eigenvalue weighted by molar-refractivity contribution is -0.142. The molecule has 0 aromatic carbocycles. The second-order valence-electron chi connectivity index (χ2n) is 2.55. The molecular weight excluding hydrogens is 180 g/mol. The molecule has 0 aromatic rings. The van der Waals surface area contributed by atoms with E-state index in [2.05, 4.69) is 9.73 Å². The molecule has 5 heteroatoms. The Morgan fingerprint density at radius 3 is 2.92 bits per heavy atom. The summed E-state index contributed by atoms with van der Waals surface area (Å²) in [5.74, 6) is 0.277. The maximum Gasteiger partial charge on any atom is 0.330 e. The summed E-state index contributed by atoms with van der Waals surface area (Å²) in [5.41, 5.74) is 5.46. The monoisotopic (exact) mass is 192 g/mol. The van der Waals surface area contributed by atoms with Gasteiger partial charge in [-0.15, -0.1) is 12.4 Å². The summed E-state index contributed by atoms with van der Waals surface area (Å²) in [6.07, 6.45) is 2.48. The summed E-state index contributed by atoms with van der Waals surface area (Å²) in [4.78, 5) is 14.9. The summed E-state index contributed by atoms with van der Waals surface area (Å²) in [6.45, 7) is 0. The fourth-order valence-corrected chi connectivity index (χ4v) is 1.11. The molecule has 0 amide bonds. The van der Waals surface area contributed by atoms with Crippen molar-refractivity contribution in [3.63, 3.8) is 0 Å². The first-order valence-corrected chi connectivity index (χ1v) is 3.64. The Morgan fingerprint density at radius 1 is 1.75 bits per heavy atom. The summed E-state index contributed by atoms with van der Waals surface area (Å²) >= 11 is 0. The Kier molecular flexibility index (Phi) is 4.66. The normalized spacial score (nSPS) is 22.1. The van der Waals surface area contributed by atoms with E-state index in [9.17, 15) is 4.79 Å². The molecule has 1 atom stereocenters. The van der Waals surface area contributed by atoms with E-state index in [1.54, 1.807) is 0 Å². The average Bonchev–Trinajstić information content (AvgIpc) is 2.03. The largest absolute Gasteiger partial charge is 0.467 e. The number of carbonyl (C=O) groups excluding carboxylic acids is 1. The number of methoxy groups -OCH3 is 1. The zero-order valence-corrected chi connectivity index (χ0v) is 7.76. The number of aliphatic imine (C=N–C) groups is 1. The molecule has 1 aliphatic heterocycles. The van der Waals surface area contributed by atoms with Crippen molar-refractivity contribution in [3.8, 4) is 0 Å². The molecule has 0 saturated heterocycles. The van der Waals surface area contributed by atoms with E-state index in [1.807, 2.05) is 0 Å². The first kappa shape index (κ1) is 11.2. The zero-order chi connectivity index (χ0) is 8.27. The van der Waals surface area contributed by atoms with Crippen molar-refractivity contribution < 1.29 is 9.53 Å². The van der Waals surface area contributed by atoms with Crippen LogP contribution in [0.15, 0.2) is 4.99 Å². The Hall–Kier alpha value is -0.770. The Bertz CT molecular complexity index is 194. The van der Waals surface area contributed by atoms with Gasteiger partial charge in [-0.05, 0) is 12.8 Å². The minimum atomic E-state index is -0.353. The standard InChI is InChI=1S/C7H12N2O2.ClH/c1-11-7(10)5-3-2-4-6(8)9-5;/h5H,2-4H2,1H3,(H2,8,9);1H. The van der Waals surface area contributed by atoms with Gasteiger partial charge in [-0.1, -0.05) is 0 Å². The highest BCUT2D eigenvalue weighted by Crippen LogP contribution is 2.12. The molecule has 70 valence electrons. The number of hydrogen-bond donors (Lipinski definition) is 1. The lowest BCUT2D eigenvalue weighted by Gasteiger charge is -2.15. The van der Waals surface area contributed by atoms with Gasteiger partial charge >= 0.3 is 5.97 Å². The number of nitrogens with zero attached hydrogens (tertiary/aromatic N) is 1. The first-order chi connectivity index (χ1) is 5.24. The Balaban J connectivity index is 0.00000121. The maximum absolute atomic E-state index is 10.9. The van der Waals surface area contributed by atoms with E-state index in [0.29, 0.717) is 5.84 Å². The highest BCUT2D eigenvalue weighted by atomic mass is 35.5. The number of halogens is 1. The van der Waals surface area contributed by atoms with Crippen molar-refractivity contribution in [1.29, 1.82) is 0 Å². The van der Waals surface area contributed by atoms with Crippen LogP contribution in [0.4, 0.5) is 0 Å². The molecule has 0 aliphatic carbocycles. The number of nitrogens with two attached hydrogens (primary N) is 1. The van der Waals surface area contributed by atoms with Crippen molar-refractivity contribution >= 4 is 24.2 Å². The van der Waals surface area contributed by atoms with Gasteiger partial charge in [-0.3, -0.25) is 4.99 Å². The molecule has 0 fully saturated rings. The van der Waals surface area contributed by atoms with Crippen molar-refractivity contribution in [2.45, 2.75) is 25.3 Å². The third-order valence-electron chi connectivity index (χ3n) is 1.71. The van der Waals surface area contributed by atoms with Gasteiger partial charge in [0, 0.05) is 6.42 Å². The highest BCUT2D eigenvalue weighted by molar-refractivity contribution is 5.86. The van der Waals surface area contributed by atoms with Crippen LogP contribution in [0, 0.1) is 0 Å². The second kappa shape index (κ2) is 4.98. The third-order valence-corrected chi connectivity index (χ3v) is 1.71. The fraction of sp³-hybridized carbons (Fsp3) is 0.714. The van der Waals surface area contributed by atoms with Crippen LogP contribution in [0.1, 0.15) is 19.3 Å². The van der Waals surface area contributed by atoms with Crippen molar-refractivity contribution in [2.75, 3.05) is 7.11 Å². The molecule has 0 spiro atoms. The van der Waals surface area contributed by atoms with Crippen LogP contribution in [-0.4, -0.2) is 25.0 Å². The van der Waals surface area contributed by atoms with E-state index in [1.165, 1.54) is 7.11 Å². The van der Waals surface area contributed by atoms with Gasteiger partial charge < -0.3 is 10.5 Å². The minimum absolute atomic E-state index is 0. The topological polar surface area (TPSA) is 64.7 Å². The van der Waals surface area contributed by atoms with Crippen LogP contribution in [0.5, 0.6) is 0 Å². The Labute approximate surface area is 77.6 Å². The first-order valence-electron chi connectivity index (χ1n) is 3.64. The molecule has 1 aliphatic rings. The van der Waals surface area contributed by atoms with Gasteiger partial charge in [0.2, 0.25) is 0 Å². The van der Waals surface area contributed by atoms with Crippen molar-refractivity contribution in [3.05, 3.63) is 0 Å². The summed E-state index contributed by atoms with van der Waals surface area (Å²) < 4.78 is 4.54. The van der Waals surface area contributed by atoms with E-state index in [0.717, 1.165) is 19.3 Å². The van der Waals surface area contributed by atoms with Gasteiger partial charge in [0.1, 0.15) is 6.04 Å². The molecule has 0 saturated carbocycles. The lowest BCUT2D eigenvalue weighted by atomic mass is 10.1. The van der Waals surface area contributed by atoms with Crippen LogP contribution in [0.3, 0.4) is 0 Å². The molecular formula is C7H13ClN2O2. The van der Waals surface area contributed by atoms with Crippen LogP contribution in [-0.2, 0) is 9.53 Å². The Morgan fingerprint density at radius 2 is 2.42 bits per heavy atom. The molecule has 1 heterocycles. The SMILES string of the molecule is COC(=O)C1CCCC(N)=N1.Cl. The molecule has 4 nitrogen and oxygen atoms in total. The van der Waals surface area contributed by atoms with E-state index >= 15 is 0 Å². The number of amidine groups is 1. The van der Waals surface area contributed by atoms with Gasteiger partial charge in [-0.25, -0.2) is 4.79 Å². The quantitative estimate of drug-likeness (QED) is 0.615. The van der Waals surface area contributed by atoms with Gasteiger partial charge in [0.25, 0.3) is 0 Å². The van der Waals surface area contributed by atoms with Crippen LogP contribution < -0.4 is 5.73 Å². The number of carbonyl (C=O) groups is 1. The van der Waals surface area contributed by atoms with E-state index in [4.69, 9.17) is 5.73 Å². The van der Waals surface area contributed by atoms with E-state index < -0.39 is 0 Å². The summed E-state index contributed by atoms with van der Waals surface area (Å²) in [7, 11) is 1.36. The number of esters is 1.